The maximum atomic E-state index is 6.16. The molecule has 0 bridgehead atoms. The zero-order valence-corrected chi connectivity index (χ0v) is 12.6. The monoisotopic (exact) mass is 279 g/mol. The molecule has 0 saturated heterocycles. The van der Waals surface area contributed by atoms with E-state index in [4.69, 9.17) is 16.3 Å². The van der Waals surface area contributed by atoms with Gasteiger partial charge in [-0.15, -0.1) is 0 Å². The predicted octanol–water partition coefficient (Wildman–Crippen LogP) is 4.14. The summed E-state index contributed by atoms with van der Waals surface area (Å²) in [4.78, 5) is 0. The number of nitrogens with one attached hydrogen (secondary N) is 1. The van der Waals surface area contributed by atoms with Crippen molar-refractivity contribution in [3.8, 4) is 5.75 Å². The minimum Gasteiger partial charge on any atom is -0.495 e. The largest absolute Gasteiger partial charge is 0.495 e. The van der Waals surface area contributed by atoms with Crippen molar-refractivity contribution >= 4 is 17.7 Å². The summed E-state index contributed by atoms with van der Waals surface area (Å²) in [5.74, 6) is 1.26. The molecule has 0 heterocycles. The first-order valence-electron chi connectivity index (χ1n) is 6.87. The number of hydrogen-bond donors (Lipinski definition) is 1. The molecular weight excluding hydrogens is 258 g/mol. The standard InChI is InChI=1S/C16H22ClNO/c1-11(2)13(10-18-14-5-6-14)8-12-4-7-16(19-3)15(17)9-12/h4,7-9,11,14,18H,5-6,10H2,1-3H3. The van der Waals surface area contributed by atoms with Crippen LogP contribution in [0.5, 0.6) is 5.75 Å². The van der Waals surface area contributed by atoms with Crippen LogP contribution < -0.4 is 10.1 Å². The van der Waals surface area contributed by atoms with Crippen LogP contribution in [0.3, 0.4) is 0 Å². The third-order valence-electron chi connectivity index (χ3n) is 3.44. The molecule has 1 N–H and O–H groups in total. The van der Waals surface area contributed by atoms with E-state index < -0.39 is 0 Å². The van der Waals surface area contributed by atoms with E-state index in [1.54, 1.807) is 7.11 Å². The molecule has 19 heavy (non-hydrogen) atoms. The third kappa shape index (κ3) is 4.26. The van der Waals surface area contributed by atoms with Crippen molar-refractivity contribution in [2.24, 2.45) is 5.92 Å². The molecule has 1 saturated carbocycles. The number of rotatable bonds is 6. The molecule has 0 unspecified atom stereocenters. The van der Waals surface area contributed by atoms with E-state index in [0.717, 1.165) is 23.9 Å². The van der Waals surface area contributed by atoms with Gasteiger partial charge in [-0.05, 0) is 36.5 Å². The lowest BCUT2D eigenvalue weighted by Gasteiger charge is -2.13. The van der Waals surface area contributed by atoms with Gasteiger partial charge in [0.1, 0.15) is 5.75 Å². The highest BCUT2D eigenvalue weighted by molar-refractivity contribution is 6.32. The molecule has 0 aliphatic heterocycles. The van der Waals surface area contributed by atoms with Crippen LogP contribution in [0.1, 0.15) is 32.3 Å². The smallest absolute Gasteiger partial charge is 0.137 e. The lowest BCUT2D eigenvalue weighted by atomic mass is 10.00. The van der Waals surface area contributed by atoms with Crippen LogP contribution in [0.2, 0.25) is 5.02 Å². The van der Waals surface area contributed by atoms with Gasteiger partial charge in [-0.25, -0.2) is 0 Å². The molecule has 0 radical (unpaired) electrons. The van der Waals surface area contributed by atoms with Gasteiger partial charge in [0.05, 0.1) is 12.1 Å². The van der Waals surface area contributed by atoms with Crippen LogP contribution in [-0.2, 0) is 0 Å². The lowest BCUT2D eigenvalue weighted by molar-refractivity contribution is 0.415. The maximum Gasteiger partial charge on any atom is 0.137 e. The van der Waals surface area contributed by atoms with Gasteiger partial charge in [-0.2, -0.15) is 0 Å². The Balaban J connectivity index is 2.12. The highest BCUT2D eigenvalue weighted by atomic mass is 35.5. The first kappa shape index (κ1) is 14.4. The van der Waals surface area contributed by atoms with Crippen molar-refractivity contribution in [3.63, 3.8) is 0 Å². The Morgan fingerprint density at radius 3 is 2.74 bits per heavy atom. The van der Waals surface area contributed by atoms with E-state index in [2.05, 4.69) is 25.2 Å². The number of methoxy groups -OCH3 is 1. The Morgan fingerprint density at radius 2 is 2.21 bits per heavy atom. The van der Waals surface area contributed by atoms with Crippen molar-refractivity contribution in [1.29, 1.82) is 0 Å². The second-order valence-electron chi connectivity index (χ2n) is 5.42. The Hall–Kier alpha value is -0.990. The minimum absolute atomic E-state index is 0.534. The van der Waals surface area contributed by atoms with Crippen LogP contribution >= 0.6 is 11.6 Å². The van der Waals surface area contributed by atoms with Crippen molar-refractivity contribution in [2.75, 3.05) is 13.7 Å². The second kappa shape index (κ2) is 6.44. The van der Waals surface area contributed by atoms with Gasteiger partial charge in [0.2, 0.25) is 0 Å². The summed E-state index contributed by atoms with van der Waals surface area (Å²) >= 11 is 6.16. The Kier molecular flexibility index (Phi) is 4.89. The van der Waals surface area contributed by atoms with Crippen LogP contribution in [0.25, 0.3) is 6.08 Å². The van der Waals surface area contributed by atoms with Crippen molar-refractivity contribution in [2.45, 2.75) is 32.7 Å². The fraction of sp³-hybridized carbons (Fsp3) is 0.500. The summed E-state index contributed by atoms with van der Waals surface area (Å²) in [6, 6.07) is 6.66. The van der Waals surface area contributed by atoms with Crippen LogP contribution in [0, 0.1) is 5.92 Å². The van der Waals surface area contributed by atoms with Crippen molar-refractivity contribution in [3.05, 3.63) is 34.4 Å². The first-order valence-corrected chi connectivity index (χ1v) is 7.25. The SMILES string of the molecule is COc1ccc(C=C(CNC2CC2)C(C)C)cc1Cl. The Labute approximate surface area is 120 Å². The van der Waals surface area contributed by atoms with Crippen molar-refractivity contribution < 1.29 is 4.74 Å². The average molecular weight is 280 g/mol. The molecule has 1 aromatic rings. The minimum atomic E-state index is 0.534. The van der Waals surface area contributed by atoms with Crippen LogP contribution in [0.15, 0.2) is 23.8 Å². The molecule has 0 aromatic heterocycles. The Morgan fingerprint density at radius 1 is 1.47 bits per heavy atom. The van der Waals surface area contributed by atoms with Gasteiger partial charge in [-0.3, -0.25) is 0 Å². The lowest BCUT2D eigenvalue weighted by Crippen LogP contribution is -2.21. The molecule has 1 aromatic carbocycles. The second-order valence-corrected chi connectivity index (χ2v) is 5.83. The van der Waals surface area contributed by atoms with Crippen LogP contribution in [-0.4, -0.2) is 19.7 Å². The number of ether oxygens (including phenoxy) is 1. The molecule has 1 aliphatic carbocycles. The van der Waals surface area contributed by atoms with Gasteiger partial charge >= 0.3 is 0 Å². The zero-order valence-electron chi connectivity index (χ0n) is 11.9. The number of benzene rings is 1. The summed E-state index contributed by atoms with van der Waals surface area (Å²) in [6.45, 7) is 5.42. The summed E-state index contributed by atoms with van der Waals surface area (Å²) < 4.78 is 5.17. The van der Waals surface area contributed by atoms with E-state index in [1.165, 1.54) is 18.4 Å². The highest BCUT2D eigenvalue weighted by Gasteiger charge is 2.20. The summed E-state index contributed by atoms with van der Waals surface area (Å²) in [6.07, 6.45) is 4.87. The van der Waals surface area contributed by atoms with Crippen LogP contribution in [0.4, 0.5) is 0 Å². The van der Waals surface area contributed by atoms with Gasteiger partial charge in [0.15, 0.2) is 0 Å². The van der Waals surface area contributed by atoms with E-state index in [9.17, 15) is 0 Å². The summed E-state index contributed by atoms with van der Waals surface area (Å²) in [5, 5.41) is 4.23. The number of hydrogen-bond acceptors (Lipinski definition) is 2. The molecule has 2 nitrogen and oxygen atoms in total. The summed E-state index contributed by atoms with van der Waals surface area (Å²) in [7, 11) is 1.63. The van der Waals surface area contributed by atoms with E-state index in [1.807, 2.05) is 18.2 Å². The van der Waals surface area contributed by atoms with Crippen molar-refractivity contribution in [1.82, 2.24) is 5.32 Å². The predicted molar refractivity (Wildman–Crippen MR) is 81.8 cm³/mol. The van der Waals surface area contributed by atoms with E-state index in [-0.39, 0.29) is 0 Å². The van der Waals surface area contributed by atoms with E-state index >= 15 is 0 Å². The normalized spacial score (nSPS) is 15.9. The van der Waals surface area contributed by atoms with Gasteiger partial charge < -0.3 is 10.1 Å². The quantitative estimate of drug-likeness (QED) is 0.845. The maximum absolute atomic E-state index is 6.16. The van der Waals surface area contributed by atoms with E-state index in [0.29, 0.717) is 10.9 Å². The third-order valence-corrected chi connectivity index (χ3v) is 3.74. The molecule has 0 amide bonds. The fourth-order valence-electron chi connectivity index (χ4n) is 1.96. The topological polar surface area (TPSA) is 21.3 Å². The highest BCUT2D eigenvalue weighted by Crippen LogP contribution is 2.27. The van der Waals surface area contributed by atoms with Gasteiger partial charge in [-0.1, -0.05) is 43.2 Å². The molecule has 1 aliphatic rings. The molecule has 104 valence electrons. The summed E-state index contributed by atoms with van der Waals surface area (Å²) in [5.41, 5.74) is 2.54. The van der Waals surface area contributed by atoms with Gasteiger partial charge in [0.25, 0.3) is 0 Å². The molecule has 3 heteroatoms. The molecule has 0 atom stereocenters. The molecular formula is C16H22ClNO. The molecule has 1 fully saturated rings. The number of halogens is 1. The Bertz CT molecular complexity index is 464. The first-order chi connectivity index (χ1) is 9.10. The molecule has 2 rings (SSSR count). The molecule has 0 spiro atoms. The van der Waals surface area contributed by atoms with Gasteiger partial charge in [0, 0.05) is 12.6 Å². The fourth-order valence-corrected chi connectivity index (χ4v) is 2.22. The average Bonchev–Trinajstić information content (AvgIpc) is 3.18. The zero-order chi connectivity index (χ0) is 13.8.